The number of para-hydroxylation sites is 1. The molecule has 1 amide bonds. The van der Waals surface area contributed by atoms with Gasteiger partial charge in [-0.15, -0.1) is 0 Å². The Morgan fingerprint density at radius 2 is 1.55 bits per heavy atom. The first-order valence-electron chi connectivity index (χ1n) is 13.0. The van der Waals surface area contributed by atoms with Crippen LogP contribution >= 0.6 is 27.5 Å². The molecule has 4 aromatic carbocycles. The van der Waals surface area contributed by atoms with Gasteiger partial charge in [0.1, 0.15) is 11.5 Å². The van der Waals surface area contributed by atoms with E-state index in [2.05, 4.69) is 21.2 Å². The fourth-order valence-electron chi connectivity index (χ4n) is 6.78. The largest absolute Gasteiger partial charge is 0.358 e. The molecular weight excluding hydrogens is 588 g/mol. The number of amides is 1. The highest BCUT2D eigenvalue weighted by molar-refractivity contribution is 9.10. The van der Waals surface area contributed by atoms with Crippen molar-refractivity contribution in [3.05, 3.63) is 141 Å². The predicted molar refractivity (Wildman–Crippen MR) is 158 cm³/mol. The molecule has 1 N–H and O–H groups in total. The zero-order valence-electron chi connectivity index (χ0n) is 21.1. The van der Waals surface area contributed by atoms with Crippen LogP contribution in [0, 0.1) is 5.92 Å². The number of nitrogens with zero attached hydrogens (tertiary/aromatic N) is 1. The van der Waals surface area contributed by atoms with E-state index >= 15 is 0 Å². The Hall–Kier alpha value is -4.00. The topological polar surface area (TPSA) is 66.5 Å². The molecule has 0 saturated carbocycles. The summed E-state index contributed by atoms with van der Waals surface area (Å²) in [5, 5.41) is 3.37. The lowest BCUT2D eigenvalue weighted by Gasteiger charge is -2.38. The molecule has 0 aliphatic carbocycles. The van der Waals surface area contributed by atoms with E-state index in [4.69, 9.17) is 11.6 Å². The molecule has 40 heavy (non-hydrogen) atoms. The number of carbonyl (C=O) groups excluding carboxylic acids is 3. The number of carbonyl (C=O) groups is 3. The molecule has 0 aromatic heterocycles. The van der Waals surface area contributed by atoms with Crippen molar-refractivity contribution in [2.45, 2.75) is 17.5 Å². The summed E-state index contributed by atoms with van der Waals surface area (Å²) in [6, 6.07) is 27.7. The van der Waals surface area contributed by atoms with E-state index in [0.717, 1.165) is 15.6 Å². The van der Waals surface area contributed by atoms with Crippen LogP contribution in [0.4, 0.5) is 5.69 Å². The molecule has 7 rings (SSSR count). The van der Waals surface area contributed by atoms with E-state index in [1.54, 1.807) is 48.5 Å². The highest BCUT2D eigenvalue weighted by Gasteiger charge is 2.70. The average Bonchev–Trinajstić information content (AvgIpc) is 3.45. The van der Waals surface area contributed by atoms with Gasteiger partial charge in [0.2, 0.25) is 5.91 Å². The first-order valence-corrected chi connectivity index (χ1v) is 14.1. The number of benzene rings is 4. The van der Waals surface area contributed by atoms with Crippen LogP contribution in [-0.4, -0.2) is 28.4 Å². The predicted octanol–water partition coefficient (Wildman–Crippen LogP) is 7.08. The van der Waals surface area contributed by atoms with Crippen LogP contribution in [0.15, 0.2) is 108 Å². The summed E-state index contributed by atoms with van der Waals surface area (Å²) in [6.45, 7) is 0. The van der Waals surface area contributed by atoms with Crippen molar-refractivity contribution >= 4 is 56.8 Å². The van der Waals surface area contributed by atoms with Crippen LogP contribution in [0.2, 0.25) is 5.02 Å². The van der Waals surface area contributed by atoms with E-state index in [1.807, 2.05) is 65.7 Å². The van der Waals surface area contributed by atoms with E-state index in [9.17, 15) is 14.4 Å². The molecule has 1 saturated heterocycles. The Balaban J connectivity index is 1.55. The zero-order chi connectivity index (χ0) is 27.6. The fraction of sp³-hybridized carbons (Fsp3) is 0.121. The summed E-state index contributed by atoms with van der Waals surface area (Å²) >= 11 is 10.00. The van der Waals surface area contributed by atoms with Gasteiger partial charge in [0, 0.05) is 27.5 Å². The van der Waals surface area contributed by atoms with E-state index in [0.29, 0.717) is 27.4 Å². The molecule has 4 aromatic rings. The number of fused-ring (bicyclic) bond motifs is 6. The van der Waals surface area contributed by atoms with Crippen molar-refractivity contribution in [2.24, 2.45) is 5.92 Å². The maximum atomic E-state index is 14.7. The minimum atomic E-state index is -1.37. The second-order valence-electron chi connectivity index (χ2n) is 10.3. The lowest BCUT2D eigenvalue weighted by atomic mass is 9.62. The summed E-state index contributed by atoms with van der Waals surface area (Å²) in [6.07, 6.45) is 3.80. The van der Waals surface area contributed by atoms with Crippen molar-refractivity contribution in [2.75, 3.05) is 5.32 Å². The van der Waals surface area contributed by atoms with Crippen LogP contribution in [0.3, 0.4) is 0 Å². The second-order valence-corrected chi connectivity index (χ2v) is 11.6. The molecule has 3 aliphatic heterocycles. The number of Topliss-reactive ketones (excluding diaryl/α,β-unsaturated/α-hetero) is 2. The van der Waals surface area contributed by atoms with Crippen LogP contribution in [0.25, 0.3) is 6.08 Å². The third-order valence-corrected chi connectivity index (χ3v) is 9.25. The fourth-order valence-corrected chi connectivity index (χ4v) is 7.28. The monoisotopic (exact) mass is 608 g/mol. The van der Waals surface area contributed by atoms with Crippen molar-refractivity contribution in [3.8, 4) is 0 Å². The number of anilines is 1. The molecule has 0 bridgehead atoms. The third kappa shape index (κ3) is 3.42. The Bertz CT molecular complexity index is 1750. The zero-order valence-corrected chi connectivity index (χ0v) is 23.4. The molecule has 5 nitrogen and oxygen atoms in total. The number of rotatable bonds is 4. The van der Waals surface area contributed by atoms with Gasteiger partial charge in [0.05, 0.1) is 17.0 Å². The summed E-state index contributed by atoms with van der Waals surface area (Å²) in [5.74, 6) is -1.91. The van der Waals surface area contributed by atoms with Gasteiger partial charge in [-0.25, -0.2) is 0 Å². The third-order valence-electron chi connectivity index (χ3n) is 8.39. The molecule has 4 atom stereocenters. The van der Waals surface area contributed by atoms with Crippen LogP contribution < -0.4 is 5.32 Å². The van der Waals surface area contributed by atoms with Gasteiger partial charge in [0.15, 0.2) is 11.6 Å². The van der Waals surface area contributed by atoms with Gasteiger partial charge < -0.3 is 10.2 Å². The van der Waals surface area contributed by atoms with E-state index in [-0.39, 0.29) is 17.5 Å². The second kappa shape index (κ2) is 9.29. The molecule has 3 aliphatic rings. The van der Waals surface area contributed by atoms with Crippen LogP contribution in [0.1, 0.15) is 43.4 Å². The molecule has 196 valence electrons. The molecule has 1 fully saturated rings. The summed E-state index contributed by atoms with van der Waals surface area (Å²) in [7, 11) is 0. The molecule has 0 radical (unpaired) electrons. The number of nitrogens with one attached hydrogen (secondary N) is 1. The molecule has 1 spiro atoms. The van der Waals surface area contributed by atoms with E-state index < -0.39 is 23.4 Å². The summed E-state index contributed by atoms with van der Waals surface area (Å²) in [4.78, 5) is 45.6. The van der Waals surface area contributed by atoms with Crippen molar-refractivity contribution in [1.29, 1.82) is 0 Å². The highest BCUT2D eigenvalue weighted by Crippen LogP contribution is 2.62. The molecule has 7 heteroatoms. The van der Waals surface area contributed by atoms with E-state index in [1.165, 1.54) is 0 Å². The van der Waals surface area contributed by atoms with Crippen LogP contribution in [-0.2, 0) is 10.2 Å². The van der Waals surface area contributed by atoms with Gasteiger partial charge in [-0.3, -0.25) is 14.4 Å². The molecule has 0 unspecified atom stereocenters. The van der Waals surface area contributed by atoms with Gasteiger partial charge in [-0.1, -0.05) is 94.3 Å². The number of hydrogen-bond donors (Lipinski definition) is 1. The number of hydrogen-bond acceptors (Lipinski definition) is 4. The standard InChI is InChI=1S/C33H22BrClN2O3/c34-21-15-13-20(14-16-21)29(38)27-28(30(39)23-9-3-5-11-25(23)35)37-18-17-19-7-1-2-8-22(19)31(37)33(27)24-10-4-6-12-26(24)36-32(33)40/h1-18,27-28,31H,(H,36,40)/t27-,28+,31+,33-/m1/s1. The highest BCUT2D eigenvalue weighted by atomic mass is 79.9. The Labute approximate surface area is 244 Å². The summed E-state index contributed by atoms with van der Waals surface area (Å²) in [5.41, 5.74) is 2.57. The molecule has 3 heterocycles. The number of ketones is 2. The lowest BCUT2D eigenvalue weighted by Crippen LogP contribution is -2.49. The maximum Gasteiger partial charge on any atom is 0.238 e. The van der Waals surface area contributed by atoms with Gasteiger partial charge in [-0.05, 0) is 53.1 Å². The van der Waals surface area contributed by atoms with Gasteiger partial charge in [0.25, 0.3) is 0 Å². The summed E-state index contributed by atoms with van der Waals surface area (Å²) < 4.78 is 0.826. The number of halogens is 2. The van der Waals surface area contributed by atoms with Gasteiger partial charge in [-0.2, -0.15) is 0 Å². The quantitative estimate of drug-likeness (QED) is 0.251. The lowest BCUT2D eigenvalue weighted by molar-refractivity contribution is -0.122. The van der Waals surface area contributed by atoms with Crippen molar-refractivity contribution in [1.82, 2.24) is 4.90 Å². The first-order chi connectivity index (χ1) is 19.4. The molecular formula is C33H22BrClN2O3. The van der Waals surface area contributed by atoms with Crippen molar-refractivity contribution < 1.29 is 14.4 Å². The Morgan fingerprint density at radius 3 is 2.35 bits per heavy atom. The first kappa shape index (κ1) is 25.0. The normalized spacial score (nSPS) is 23.9. The smallest absolute Gasteiger partial charge is 0.238 e. The Morgan fingerprint density at radius 1 is 0.850 bits per heavy atom. The minimum Gasteiger partial charge on any atom is -0.358 e. The van der Waals surface area contributed by atoms with Crippen LogP contribution in [0.5, 0.6) is 0 Å². The Kier molecular flexibility index (Phi) is 5.81. The van der Waals surface area contributed by atoms with Crippen molar-refractivity contribution in [3.63, 3.8) is 0 Å². The maximum absolute atomic E-state index is 14.7. The van der Waals surface area contributed by atoms with Gasteiger partial charge >= 0.3 is 0 Å². The average molecular weight is 610 g/mol. The minimum absolute atomic E-state index is 0.273. The SMILES string of the molecule is O=C(c1ccccc1Cl)[C@@H]1[C@H](C(=O)c2ccc(Br)cc2)[C@@]2(C(=O)Nc3ccccc32)[C@@H]2c3ccccc3C=CN12.